The number of aryl methyl sites for hydroxylation is 1. The number of rotatable bonds is 5. The van der Waals surface area contributed by atoms with Gasteiger partial charge in [-0.05, 0) is 43.0 Å². The molecule has 1 aliphatic rings. The number of carbonyl (C=O) groups is 1. The van der Waals surface area contributed by atoms with Crippen LogP contribution in [-0.2, 0) is 6.42 Å². The third-order valence-corrected chi connectivity index (χ3v) is 5.56. The fourth-order valence-electron chi connectivity index (χ4n) is 4.03. The number of hydrogen-bond donors (Lipinski definition) is 2. The Balaban J connectivity index is 1.68. The standard InChI is InChI=1S/C24H27N3O/c1-2-17-10-6-8-14-21(17)26-23-16-20(19-13-7-9-15-22(19)27-23)24(28)25-18-11-4-3-5-12-18/h6-10,13-16,18H,2-5,11-12H2,1H3,(H,25,28)(H,26,27). The molecule has 144 valence electrons. The van der Waals surface area contributed by atoms with Gasteiger partial charge in [-0.25, -0.2) is 4.98 Å². The Labute approximate surface area is 166 Å². The van der Waals surface area contributed by atoms with E-state index < -0.39 is 0 Å². The molecule has 0 saturated heterocycles. The predicted octanol–water partition coefficient (Wildman–Crippen LogP) is 5.60. The minimum atomic E-state index is -0.00248. The summed E-state index contributed by atoms with van der Waals surface area (Å²) in [5.41, 5.74) is 3.78. The monoisotopic (exact) mass is 373 g/mol. The maximum absolute atomic E-state index is 13.1. The summed E-state index contributed by atoms with van der Waals surface area (Å²) in [6.45, 7) is 2.14. The number of pyridine rings is 1. The van der Waals surface area contributed by atoms with Crippen molar-refractivity contribution in [1.29, 1.82) is 0 Å². The van der Waals surface area contributed by atoms with Crippen LogP contribution in [0.25, 0.3) is 10.9 Å². The fraction of sp³-hybridized carbons (Fsp3) is 0.333. The average molecular weight is 374 g/mol. The molecule has 0 atom stereocenters. The van der Waals surface area contributed by atoms with Gasteiger partial charge in [0.1, 0.15) is 5.82 Å². The normalized spacial score (nSPS) is 14.8. The lowest BCUT2D eigenvalue weighted by Crippen LogP contribution is -2.36. The van der Waals surface area contributed by atoms with E-state index in [4.69, 9.17) is 4.98 Å². The summed E-state index contributed by atoms with van der Waals surface area (Å²) < 4.78 is 0. The molecule has 3 aromatic rings. The Bertz CT molecular complexity index is 977. The molecule has 0 spiro atoms. The van der Waals surface area contributed by atoms with Crippen LogP contribution in [0.15, 0.2) is 54.6 Å². The quantitative estimate of drug-likeness (QED) is 0.612. The zero-order valence-corrected chi connectivity index (χ0v) is 16.4. The van der Waals surface area contributed by atoms with Gasteiger partial charge in [-0.2, -0.15) is 0 Å². The third kappa shape index (κ3) is 4.01. The average Bonchev–Trinajstić information content (AvgIpc) is 2.74. The molecule has 1 saturated carbocycles. The molecule has 1 fully saturated rings. The lowest BCUT2D eigenvalue weighted by Gasteiger charge is -2.23. The first-order valence-electron chi connectivity index (χ1n) is 10.3. The van der Waals surface area contributed by atoms with E-state index in [-0.39, 0.29) is 11.9 Å². The van der Waals surface area contributed by atoms with Crippen molar-refractivity contribution in [3.8, 4) is 0 Å². The Kier molecular flexibility index (Phi) is 5.56. The summed E-state index contributed by atoms with van der Waals surface area (Å²) in [7, 11) is 0. The van der Waals surface area contributed by atoms with E-state index in [2.05, 4.69) is 29.7 Å². The predicted molar refractivity (Wildman–Crippen MR) is 115 cm³/mol. The van der Waals surface area contributed by atoms with Crippen LogP contribution in [0.2, 0.25) is 0 Å². The van der Waals surface area contributed by atoms with E-state index in [1.165, 1.54) is 24.8 Å². The van der Waals surface area contributed by atoms with Gasteiger partial charge in [0.25, 0.3) is 5.91 Å². The molecule has 4 heteroatoms. The lowest BCUT2D eigenvalue weighted by atomic mass is 9.95. The number of hydrogen-bond acceptors (Lipinski definition) is 3. The van der Waals surface area contributed by atoms with Crippen LogP contribution in [0.5, 0.6) is 0 Å². The highest BCUT2D eigenvalue weighted by molar-refractivity contribution is 6.07. The number of aromatic nitrogens is 1. The summed E-state index contributed by atoms with van der Waals surface area (Å²) in [5, 5.41) is 7.56. The van der Waals surface area contributed by atoms with Crippen LogP contribution in [0.3, 0.4) is 0 Å². The molecule has 4 rings (SSSR count). The van der Waals surface area contributed by atoms with Crippen LogP contribution in [-0.4, -0.2) is 16.9 Å². The lowest BCUT2D eigenvalue weighted by molar-refractivity contribution is 0.0929. The second kappa shape index (κ2) is 8.42. The summed E-state index contributed by atoms with van der Waals surface area (Å²) >= 11 is 0. The molecule has 2 N–H and O–H groups in total. The van der Waals surface area contributed by atoms with Gasteiger partial charge < -0.3 is 10.6 Å². The fourth-order valence-corrected chi connectivity index (χ4v) is 4.03. The Morgan fingerprint density at radius 1 is 1.04 bits per heavy atom. The van der Waals surface area contributed by atoms with Crippen molar-refractivity contribution in [3.63, 3.8) is 0 Å². The van der Waals surface area contributed by atoms with Gasteiger partial charge >= 0.3 is 0 Å². The zero-order valence-electron chi connectivity index (χ0n) is 16.4. The van der Waals surface area contributed by atoms with Crippen LogP contribution in [0.1, 0.15) is 54.9 Å². The summed E-state index contributed by atoms with van der Waals surface area (Å²) in [5.74, 6) is 0.700. The first-order valence-corrected chi connectivity index (χ1v) is 10.3. The number of fused-ring (bicyclic) bond motifs is 1. The molecule has 1 aromatic heterocycles. The number of carbonyl (C=O) groups excluding carboxylic acids is 1. The number of benzene rings is 2. The molecule has 4 nitrogen and oxygen atoms in total. The third-order valence-electron chi connectivity index (χ3n) is 5.56. The number of amides is 1. The smallest absolute Gasteiger partial charge is 0.252 e. The summed E-state index contributed by atoms with van der Waals surface area (Å²) in [4.78, 5) is 17.8. The number of nitrogens with one attached hydrogen (secondary N) is 2. The molecule has 0 radical (unpaired) electrons. The Hall–Kier alpha value is -2.88. The van der Waals surface area contributed by atoms with Gasteiger partial charge in [-0.15, -0.1) is 0 Å². The minimum Gasteiger partial charge on any atom is -0.349 e. The summed E-state index contributed by atoms with van der Waals surface area (Å²) in [6, 6.07) is 18.2. The molecule has 28 heavy (non-hydrogen) atoms. The second-order valence-electron chi connectivity index (χ2n) is 7.52. The molecule has 0 bridgehead atoms. The summed E-state index contributed by atoms with van der Waals surface area (Å²) in [6.07, 6.45) is 6.75. The molecule has 0 unspecified atom stereocenters. The zero-order chi connectivity index (χ0) is 19.3. The van der Waals surface area contributed by atoms with Crippen molar-refractivity contribution in [2.75, 3.05) is 5.32 Å². The van der Waals surface area contributed by atoms with Crippen molar-refractivity contribution < 1.29 is 4.79 Å². The largest absolute Gasteiger partial charge is 0.349 e. The highest BCUT2D eigenvalue weighted by Gasteiger charge is 2.19. The van der Waals surface area contributed by atoms with Crippen molar-refractivity contribution in [3.05, 3.63) is 65.7 Å². The Morgan fingerprint density at radius 3 is 2.61 bits per heavy atom. The SMILES string of the molecule is CCc1ccccc1Nc1cc(C(=O)NC2CCCCC2)c2ccccc2n1. The number of nitrogens with zero attached hydrogens (tertiary/aromatic N) is 1. The highest BCUT2D eigenvalue weighted by atomic mass is 16.1. The minimum absolute atomic E-state index is 0.00248. The topological polar surface area (TPSA) is 54.0 Å². The van der Waals surface area contributed by atoms with Crippen molar-refractivity contribution in [2.45, 2.75) is 51.5 Å². The van der Waals surface area contributed by atoms with Gasteiger partial charge in [0.15, 0.2) is 0 Å². The van der Waals surface area contributed by atoms with Crippen LogP contribution >= 0.6 is 0 Å². The van der Waals surface area contributed by atoms with Crippen LogP contribution in [0.4, 0.5) is 11.5 Å². The van der Waals surface area contributed by atoms with Crippen LogP contribution in [0, 0.1) is 0 Å². The molecule has 0 aliphatic heterocycles. The second-order valence-corrected chi connectivity index (χ2v) is 7.52. The molecule has 1 amide bonds. The van der Waals surface area contributed by atoms with E-state index in [1.807, 2.05) is 42.5 Å². The van der Waals surface area contributed by atoms with Crippen molar-refractivity contribution >= 4 is 28.3 Å². The van der Waals surface area contributed by atoms with Gasteiger partial charge in [0.05, 0.1) is 11.1 Å². The number of para-hydroxylation sites is 2. The molecular formula is C24H27N3O. The molecular weight excluding hydrogens is 346 g/mol. The van der Waals surface area contributed by atoms with Crippen molar-refractivity contribution in [2.24, 2.45) is 0 Å². The van der Waals surface area contributed by atoms with Crippen LogP contribution < -0.4 is 10.6 Å². The maximum Gasteiger partial charge on any atom is 0.252 e. The maximum atomic E-state index is 13.1. The molecule has 1 heterocycles. The van der Waals surface area contributed by atoms with Gasteiger partial charge in [0, 0.05) is 17.1 Å². The van der Waals surface area contributed by atoms with Gasteiger partial charge in [-0.1, -0.05) is 62.6 Å². The van der Waals surface area contributed by atoms with Crippen molar-refractivity contribution in [1.82, 2.24) is 10.3 Å². The van der Waals surface area contributed by atoms with E-state index in [0.29, 0.717) is 11.4 Å². The molecule has 2 aromatic carbocycles. The number of anilines is 2. The van der Waals surface area contributed by atoms with E-state index in [0.717, 1.165) is 35.9 Å². The van der Waals surface area contributed by atoms with Gasteiger partial charge in [0.2, 0.25) is 0 Å². The highest BCUT2D eigenvalue weighted by Crippen LogP contribution is 2.26. The van der Waals surface area contributed by atoms with E-state index in [1.54, 1.807) is 0 Å². The van der Waals surface area contributed by atoms with Gasteiger partial charge in [-0.3, -0.25) is 4.79 Å². The Morgan fingerprint density at radius 2 is 1.79 bits per heavy atom. The first-order chi connectivity index (χ1) is 13.7. The van der Waals surface area contributed by atoms with E-state index >= 15 is 0 Å². The first kappa shape index (κ1) is 18.5. The molecule has 1 aliphatic carbocycles. The van der Waals surface area contributed by atoms with E-state index in [9.17, 15) is 4.79 Å².